The first-order valence-corrected chi connectivity index (χ1v) is 6.80. The molecule has 2 aromatic carbocycles. The standard InChI is InChI=1S/C14H14BrN5/c15-12-5-1-10(2-6-12)9-18-13-7-3-11(4-8-13)14(16)19-20-17/h1-8,18H,9H2,(H3,16,17,19)/p+1. The average molecular weight is 333 g/mol. The van der Waals surface area contributed by atoms with Gasteiger partial charge in [-0.25, -0.2) is 0 Å². The molecule has 0 unspecified atom stereocenters. The summed E-state index contributed by atoms with van der Waals surface area (Å²) in [6.45, 7) is 0.758. The Morgan fingerprint density at radius 1 is 1.10 bits per heavy atom. The highest BCUT2D eigenvalue weighted by molar-refractivity contribution is 9.10. The van der Waals surface area contributed by atoms with E-state index in [1.54, 1.807) is 0 Å². The maximum absolute atomic E-state index is 5.69. The molecule has 102 valence electrons. The molecule has 0 amide bonds. The van der Waals surface area contributed by atoms with Crippen LogP contribution in [0.4, 0.5) is 5.69 Å². The van der Waals surface area contributed by atoms with Crippen molar-refractivity contribution in [3.8, 4) is 0 Å². The number of nitrogens with two attached hydrogens (primary N) is 2. The number of rotatable bonds is 4. The van der Waals surface area contributed by atoms with Gasteiger partial charge in [0.1, 0.15) is 0 Å². The minimum absolute atomic E-state index is 0.298. The molecule has 0 bridgehead atoms. The van der Waals surface area contributed by atoms with Gasteiger partial charge < -0.3 is 5.32 Å². The number of amidine groups is 1. The minimum Gasteiger partial charge on any atom is -0.381 e. The Labute approximate surface area is 125 Å². The van der Waals surface area contributed by atoms with Crippen LogP contribution in [-0.2, 0) is 6.54 Å². The van der Waals surface area contributed by atoms with Crippen LogP contribution in [0, 0.1) is 0 Å². The first-order chi connectivity index (χ1) is 9.69. The normalized spacial score (nSPS) is 10.7. The first-order valence-electron chi connectivity index (χ1n) is 6.01. The Hall–Kier alpha value is -2.21. The van der Waals surface area contributed by atoms with E-state index >= 15 is 0 Å². The molecule has 0 heterocycles. The number of halogens is 1. The molecule has 0 aromatic heterocycles. The highest BCUT2D eigenvalue weighted by Crippen LogP contribution is 2.14. The Bertz CT molecular complexity index is 604. The SMILES string of the molecule is NN=NC(=[NH2+])c1ccc(NCc2ccc(Br)cc2)cc1. The molecule has 2 aromatic rings. The zero-order valence-electron chi connectivity index (χ0n) is 10.8. The third-order valence-electron chi connectivity index (χ3n) is 2.76. The predicted molar refractivity (Wildman–Crippen MR) is 83.0 cm³/mol. The van der Waals surface area contributed by atoms with Crippen molar-refractivity contribution in [3.63, 3.8) is 0 Å². The topological polar surface area (TPSA) is 88.4 Å². The summed E-state index contributed by atoms with van der Waals surface area (Å²) in [6.07, 6.45) is 0. The monoisotopic (exact) mass is 332 g/mol. The smallest absolute Gasteiger partial charge is 0.350 e. The van der Waals surface area contributed by atoms with Crippen molar-refractivity contribution in [1.29, 1.82) is 0 Å². The van der Waals surface area contributed by atoms with E-state index in [2.05, 4.69) is 43.7 Å². The van der Waals surface area contributed by atoms with Crippen molar-refractivity contribution in [1.82, 2.24) is 0 Å². The van der Waals surface area contributed by atoms with E-state index in [0.29, 0.717) is 5.84 Å². The molecule has 0 aliphatic rings. The van der Waals surface area contributed by atoms with Crippen molar-refractivity contribution in [2.45, 2.75) is 6.54 Å². The maximum atomic E-state index is 5.69. The maximum Gasteiger partial charge on any atom is 0.350 e. The Balaban J connectivity index is 1.97. The van der Waals surface area contributed by atoms with Gasteiger partial charge in [-0.15, -0.1) is 0 Å². The second-order valence-corrected chi connectivity index (χ2v) is 5.07. The third-order valence-corrected chi connectivity index (χ3v) is 3.28. The molecule has 0 saturated carbocycles. The van der Waals surface area contributed by atoms with Crippen LogP contribution >= 0.6 is 15.9 Å². The summed E-state index contributed by atoms with van der Waals surface area (Å²) < 4.78 is 1.07. The Morgan fingerprint density at radius 2 is 1.75 bits per heavy atom. The van der Waals surface area contributed by atoms with Crippen LogP contribution in [0.3, 0.4) is 0 Å². The Kier molecular flexibility index (Phi) is 4.84. The largest absolute Gasteiger partial charge is 0.381 e. The molecule has 5 nitrogen and oxygen atoms in total. The summed E-state index contributed by atoms with van der Waals surface area (Å²) in [5.74, 6) is 5.26. The predicted octanol–water partition coefficient (Wildman–Crippen LogP) is 1.89. The zero-order chi connectivity index (χ0) is 14.4. The highest BCUT2D eigenvalue weighted by atomic mass is 79.9. The van der Waals surface area contributed by atoms with Gasteiger partial charge in [-0.05, 0) is 42.0 Å². The van der Waals surface area contributed by atoms with Crippen LogP contribution in [0.5, 0.6) is 0 Å². The van der Waals surface area contributed by atoms with Crippen molar-refractivity contribution in [2.24, 2.45) is 16.2 Å². The summed E-state index contributed by atoms with van der Waals surface area (Å²) in [6, 6.07) is 15.8. The lowest BCUT2D eigenvalue weighted by Gasteiger charge is -2.06. The zero-order valence-corrected chi connectivity index (χ0v) is 12.3. The van der Waals surface area contributed by atoms with Gasteiger partial charge in [0.05, 0.1) is 10.7 Å². The fraction of sp³-hybridized carbons (Fsp3) is 0.0714. The summed E-state index contributed by atoms with van der Waals surface area (Å²) in [4.78, 5) is 0. The van der Waals surface area contributed by atoms with Gasteiger partial charge in [-0.2, -0.15) is 0 Å². The van der Waals surface area contributed by atoms with E-state index in [1.165, 1.54) is 5.56 Å². The summed E-state index contributed by atoms with van der Waals surface area (Å²) in [5, 5.41) is 15.8. The molecule has 0 radical (unpaired) electrons. The average Bonchev–Trinajstić information content (AvgIpc) is 2.47. The van der Waals surface area contributed by atoms with Gasteiger partial charge in [-0.1, -0.05) is 28.1 Å². The van der Waals surface area contributed by atoms with Gasteiger partial charge in [0, 0.05) is 21.9 Å². The molecule has 0 atom stereocenters. The van der Waals surface area contributed by atoms with E-state index in [4.69, 9.17) is 11.3 Å². The first kappa shape index (κ1) is 14.2. The number of nitrogens with one attached hydrogen (secondary N) is 1. The molecular formula is C14H15BrN5+. The Morgan fingerprint density at radius 3 is 2.35 bits per heavy atom. The molecular weight excluding hydrogens is 318 g/mol. The number of hydrogen-bond donors (Lipinski definition) is 3. The molecule has 6 heteroatoms. The van der Waals surface area contributed by atoms with Crippen molar-refractivity contribution < 1.29 is 5.41 Å². The van der Waals surface area contributed by atoms with Crippen molar-refractivity contribution in [3.05, 3.63) is 64.1 Å². The molecule has 20 heavy (non-hydrogen) atoms. The van der Waals surface area contributed by atoms with E-state index < -0.39 is 0 Å². The lowest BCUT2D eigenvalue weighted by Crippen LogP contribution is -2.38. The molecule has 0 fully saturated rings. The van der Waals surface area contributed by atoms with E-state index in [9.17, 15) is 0 Å². The number of nitrogens with zero attached hydrogens (tertiary/aromatic N) is 2. The van der Waals surface area contributed by atoms with Gasteiger partial charge in [-0.3, -0.25) is 11.3 Å². The third kappa shape index (κ3) is 3.89. The molecule has 0 aliphatic heterocycles. The molecule has 0 spiro atoms. The second kappa shape index (κ2) is 6.81. The lowest BCUT2D eigenvalue weighted by molar-refractivity contribution is -0.114. The minimum atomic E-state index is 0.298. The van der Waals surface area contributed by atoms with Crippen LogP contribution in [0.2, 0.25) is 0 Å². The van der Waals surface area contributed by atoms with E-state index in [-0.39, 0.29) is 0 Å². The fourth-order valence-electron chi connectivity index (χ4n) is 1.69. The molecule has 5 N–H and O–H groups in total. The summed E-state index contributed by atoms with van der Waals surface area (Å²) in [5.41, 5.74) is 3.00. The number of benzene rings is 2. The number of hydrogen-bond acceptors (Lipinski definition) is 2. The highest BCUT2D eigenvalue weighted by Gasteiger charge is 2.07. The van der Waals surface area contributed by atoms with Crippen molar-refractivity contribution >= 4 is 27.5 Å². The quantitative estimate of drug-likeness (QED) is 0.262. The van der Waals surface area contributed by atoms with E-state index in [1.807, 2.05) is 36.4 Å². The molecule has 2 rings (SSSR count). The van der Waals surface area contributed by atoms with Crippen LogP contribution in [0.25, 0.3) is 0 Å². The van der Waals surface area contributed by atoms with Crippen LogP contribution in [-0.4, -0.2) is 5.84 Å². The van der Waals surface area contributed by atoms with Crippen LogP contribution in [0.1, 0.15) is 11.1 Å². The van der Waals surface area contributed by atoms with Gasteiger partial charge in [0.2, 0.25) is 0 Å². The van der Waals surface area contributed by atoms with E-state index in [0.717, 1.165) is 22.3 Å². The van der Waals surface area contributed by atoms with Crippen molar-refractivity contribution in [2.75, 3.05) is 5.32 Å². The molecule has 0 saturated heterocycles. The number of anilines is 1. The van der Waals surface area contributed by atoms with Crippen LogP contribution < -0.4 is 16.6 Å². The van der Waals surface area contributed by atoms with Gasteiger partial charge in [0.15, 0.2) is 0 Å². The van der Waals surface area contributed by atoms with Gasteiger partial charge >= 0.3 is 5.84 Å². The van der Waals surface area contributed by atoms with Gasteiger partial charge in [0.25, 0.3) is 0 Å². The fourth-order valence-corrected chi connectivity index (χ4v) is 1.95. The van der Waals surface area contributed by atoms with Crippen LogP contribution in [0.15, 0.2) is 63.3 Å². The lowest BCUT2D eigenvalue weighted by atomic mass is 10.2. The summed E-state index contributed by atoms with van der Waals surface area (Å²) in [7, 11) is 0. The second-order valence-electron chi connectivity index (χ2n) is 4.16. The molecule has 0 aliphatic carbocycles. The summed E-state index contributed by atoms with van der Waals surface area (Å²) >= 11 is 3.42.